The quantitative estimate of drug-likeness (QED) is 0.878. The highest BCUT2D eigenvalue weighted by Crippen LogP contribution is 2.48. The number of carboxylic acid groups (broad SMARTS) is 1. The fourth-order valence-electron chi connectivity index (χ4n) is 3.55. The van der Waals surface area contributed by atoms with Gasteiger partial charge < -0.3 is 9.84 Å². The van der Waals surface area contributed by atoms with Gasteiger partial charge in [-0.3, -0.25) is 4.79 Å². The summed E-state index contributed by atoms with van der Waals surface area (Å²) in [5.74, 6) is -1.49. The van der Waals surface area contributed by atoms with Gasteiger partial charge in [0, 0.05) is 5.92 Å². The van der Waals surface area contributed by atoms with E-state index in [1.807, 2.05) is 19.9 Å². The average Bonchev–Trinajstić information content (AvgIpc) is 2.79. The number of hydrogen-bond acceptors (Lipinski definition) is 3. The molecular formula is C19H18O4. The van der Waals surface area contributed by atoms with Crippen LogP contribution in [0.2, 0.25) is 0 Å². The molecule has 0 saturated heterocycles. The minimum atomic E-state index is -0.850. The van der Waals surface area contributed by atoms with Gasteiger partial charge in [0.1, 0.15) is 0 Å². The molecule has 1 unspecified atom stereocenters. The van der Waals surface area contributed by atoms with Crippen molar-refractivity contribution < 1.29 is 19.4 Å². The highest BCUT2D eigenvalue weighted by Gasteiger charge is 2.32. The molecule has 0 aromatic heterocycles. The SMILES string of the molecule is COC(=O)c1ccc2c(c1)C(CC(=O)O)c1c(C)cc(C)cc1-2. The minimum absolute atomic E-state index is 0.00846. The standard InChI is InChI=1S/C19H18O4/c1-10-6-11(2)18-15(7-10)13-5-4-12(19(22)23-3)8-14(13)16(18)9-17(20)21/h4-8,16H,9H2,1-3H3,(H,20,21). The Morgan fingerprint density at radius 1 is 1.13 bits per heavy atom. The number of methoxy groups -OCH3 is 1. The number of aliphatic carboxylic acids is 1. The highest BCUT2D eigenvalue weighted by atomic mass is 16.5. The van der Waals surface area contributed by atoms with Crippen molar-refractivity contribution in [1.29, 1.82) is 0 Å². The Labute approximate surface area is 134 Å². The van der Waals surface area contributed by atoms with Gasteiger partial charge in [-0.1, -0.05) is 23.8 Å². The molecule has 2 aromatic carbocycles. The molecule has 118 valence electrons. The first-order chi connectivity index (χ1) is 10.9. The van der Waals surface area contributed by atoms with Crippen LogP contribution in [0, 0.1) is 13.8 Å². The zero-order valence-corrected chi connectivity index (χ0v) is 13.3. The van der Waals surface area contributed by atoms with Gasteiger partial charge in [0.25, 0.3) is 0 Å². The van der Waals surface area contributed by atoms with Crippen LogP contribution in [0.25, 0.3) is 11.1 Å². The Bertz CT molecular complexity index is 820. The van der Waals surface area contributed by atoms with E-state index in [0.717, 1.165) is 33.4 Å². The van der Waals surface area contributed by atoms with E-state index in [9.17, 15) is 14.7 Å². The molecule has 0 fully saturated rings. The number of ether oxygens (including phenoxy) is 1. The summed E-state index contributed by atoms with van der Waals surface area (Å²) < 4.78 is 4.78. The first-order valence-corrected chi connectivity index (χ1v) is 7.48. The third-order valence-corrected chi connectivity index (χ3v) is 4.40. The van der Waals surface area contributed by atoms with Crippen molar-refractivity contribution in [2.75, 3.05) is 7.11 Å². The number of carbonyl (C=O) groups is 2. The van der Waals surface area contributed by atoms with E-state index in [2.05, 4.69) is 12.1 Å². The Morgan fingerprint density at radius 3 is 2.52 bits per heavy atom. The minimum Gasteiger partial charge on any atom is -0.481 e. The normalized spacial score (nSPS) is 15.0. The molecule has 1 N–H and O–H groups in total. The third kappa shape index (κ3) is 2.50. The van der Waals surface area contributed by atoms with Crippen LogP contribution in [-0.4, -0.2) is 24.2 Å². The molecule has 0 radical (unpaired) electrons. The van der Waals surface area contributed by atoms with Crippen molar-refractivity contribution in [3.8, 4) is 11.1 Å². The number of fused-ring (bicyclic) bond motifs is 3. The summed E-state index contributed by atoms with van der Waals surface area (Å²) in [7, 11) is 1.34. The van der Waals surface area contributed by atoms with E-state index >= 15 is 0 Å². The molecule has 1 aliphatic carbocycles. The summed E-state index contributed by atoms with van der Waals surface area (Å²) in [6, 6.07) is 9.54. The lowest BCUT2D eigenvalue weighted by molar-refractivity contribution is -0.137. The second kappa shape index (κ2) is 5.54. The van der Waals surface area contributed by atoms with E-state index in [4.69, 9.17) is 4.74 Å². The van der Waals surface area contributed by atoms with Crippen LogP contribution in [0.5, 0.6) is 0 Å². The monoisotopic (exact) mass is 310 g/mol. The van der Waals surface area contributed by atoms with Crippen LogP contribution in [0.1, 0.15) is 45.0 Å². The van der Waals surface area contributed by atoms with Crippen molar-refractivity contribution in [2.45, 2.75) is 26.2 Å². The van der Waals surface area contributed by atoms with Crippen molar-refractivity contribution in [1.82, 2.24) is 0 Å². The van der Waals surface area contributed by atoms with E-state index in [1.54, 1.807) is 12.1 Å². The zero-order valence-electron chi connectivity index (χ0n) is 13.3. The molecule has 0 bridgehead atoms. The van der Waals surface area contributed by atoms with Gasteiger partial charge in [0.15, 0.2) is 0 Å². The Hall–Kier alpha value is -2.62. The molecule has 0 saturated carbocycles. The molecule has 4 heteroatoms. The lowest BCUT2D eigenvalue weighted by atomic mass is 9.89. The molecular weight excluding hydrogens is 292 g/mol. The molecule has 0 amide bonds. The predicted octanol–water partition coefficient (Wildman–Crippen LogP) is 3.68. The second-order valence-electron chi connectivity index (χ2n) is 5.99. The second-order valence-corrected chi connectivity index (χ2v) is 5.99. The lowest BCUT2D eigenvalue weighted by Crippen LogP contribution is -2.08. The maximum atomic E-state index is 11.8. The summed E-state index contributed by atoms with van der Waals surface area (Å²) in [4.78, 5) is 23.1. The van der Waals surface area contributed by atoms with Gasteiger partial charge in [-0.15, -0.1) is 0 Å². The number of benzene rings is 2. The Morgan fingerprint density at radius 2 is 1.87 bits per heavy atom. The van der Waals surface area contributed by atoms with E-state index < -0.39 is 11.9 Å². The molecule has 1 atom stereocenters. The van der Waals surface area contributed by atoms with Crippen molar-refractivity contribution in [3.63, 3.8) is 0 Å². The third-order valence-electron chi connectivity index (χ3n) is 4.40. The molecule has 23 heavy (non-hydrogen) atoms. The zero-order chi connectivity index (χ0) is 16.7. The summed E-state index contributed by atoms with van der Waals surface area (Å²) in [5, 5.41) is 9.30. The smallest absolute Gasteiger partial charge is 0.337 e. The van der Waals surface area contributed by atoms with Crippen LogP contribution in [0.15, 0.2) is 30.3 Å². The molecule has 0 heterocycles. The maximum Gasteiger partial charge on any atom is 0.337 e. The van der Waals surface area contributed by atoms with Crippen LogP contribution in [0.4, 0.5) is 0 Å². The fourth-order valence-corrected chi connectivity index (χ4v) is 3.55. The number of aryl methyl sites for hydroxylation is 2. The van der Waals surface area contributed by atoms with Gasteiger partial charge in [0.2, 0.25) is 0 Å². The number of esters is 1. The van der Waals surface area contributed by atoms with Crippen molar-refractivity contribution in [2.24, 2.45) is 0 Å². The largest absolute Gasteiger partial charge is 0.481 e. The van der Waals surface area contributed by atoms with Gasteiger partial charge in [-0.25, -0.2) is 4.79 Å². The molecule has 4 nitrogen and oxygen atoms in total. The molecule has 3 rings (SSSR count). The molecule has 1 aliphatic rings. The molecule has 0 aliphatic heterocycles. The molecule has 0 spiro atoms. The summed E-state index contributed by atoms with van der Waals surface area (Å²) in [6.07, 6.45) is 0.00846. The summed E-state index contributed by atoms with van der Waals surface area (Å²) >= 11 is 0. The number of carboxylic acids is 1. The predicted molar refractivity (Wildman–Crippen MR) is 86.8 cm³/mol. The number of carbonyl (C=O) groups excluding carboxylic acids is 1. The van der Waals surface area contributed by atoms with Crippen molar-refractivity contribution in [3.05, 3.63) is 58.1 Å². The van der Waals surface area contributed by atoms with Crippen molar-refractivity contribution >= 4 is 11.9 Å². The van der Waals surface area contributed by atoms with Gasteiger partial charge in [-0.05, 0) is 53.8 Å². The first-order valence-electron chi connectivity index (χ1n) is 7.48. The summed E-state index contributed by atoms with van der Waals surface area (Å²) in [6.45, 7) is 4.04. The number of rotatable bonds is 3. The van der Waals surface area contributed by atoms with E-state index in [0.29, 0.717) is 5.56 Å². The Kier molecular flexibility index (Phi) is 3.68. The molecule has 2 aromatic rings. The number of hydrogen-bond donors (Lipinski definition) is 1. The topological polar surface area (TPSA) is 63.6 Å². The first kappa shape index (κ1) is 15.3. The lowest BCUT2D eigenvalue weighted by Gasteiger charge is -2.14. The van der Waals surface area contributed by atoms with Gasteiger partial charge in [0.05, 0.1) is 19.1 Å². The Balaban J connectivity index is 2.23. The van der Waals surface area contributed by atoms with Crippen LogP contribution in [-0.2, 0) is 9.53 Å². The maximum absolute atomic E-state index is 11.8. The summed E-state index contributed by atoms with van der Waals surface area (Å²) in [5.41, 5.74) is 6.69. The average molecular weight is 310 g/mol. The fraction of sp³-hybridized carbons (Fsp3) is 0.263. The van der Waals surface area contributed by atoms with Crippen LogP contribution < -0.4 is 0 Å². The van der Waals surface area contributed by atoms with Gasteiger partial charge in [-0.2, -0.15) is 0 Å². The van der Waals surface area contributed by atoms with E-state index in [1.165, 1.54) is 7.11 Å². The van der Waals surface area contributed by atoms with Crippen LogP contribution in [0.3, 0.4) is 0 Å². The van der Waals surface area contributed by atoms with Gasteiger partial charge >= 0.3 is 11.9 Å². The highest BCUT2D eigenvalue weighted by molar-refractivity contribution is 5.92. The van der Waals surface area contributed by atoms with E-state index in [-0.39, 0.29) is 12.3 Å². The van der Waals surface area contributed by atoms with Crippen LogP contribution >= 0.6 is 0 Å².